The minimum atomic E-state index is -0.900. The highest BCUT2D eigenvalue weighted by Gasteiger charge is 2.45. The summed E-state index contributed by atoms with van der Waals surface area (Å²) < 4.78 is 5.04. The topological polar surface area (TPSA) is 63.6 Å². The van der Waals surface area contributed by atoms with Gasteiger partial charge in [0.15, 0.2) is 0 Å². The molecule has 0 amide bonds. The minimum absolute atomic E-state index is 0.0885. The summed E-state index contributed by atoms with van der Waals surface area (Å²) in [6.07, 6.45) is 0.466. The maximum atomic E-state index is 11.1. The molecule has 1 saturated carbocycles. The van der Waals surface area contributed by atoms with Crippen molar-refractivity contribution < 1.29 is 19.4 Å². The fourth-order valence-corrected chi connectivity index (χ4v) is 1.68. The van der Waals surface area contributed by atoms with Gasteiger partial charge in [0.2, 0.25) is 0 Å². The Hall–Kier alpha value is -0.900. The molecule has 1 N–H and O–H groups in total. The van der Waals surface area contributed by atoms with E-state index in [1.807, 2.05) is 0 Å². The molecule has 4 heteroatoms. The number of carboxylic acids is 1. The van der Waals surface area contributed by atoms with Gasteiger partial charge in [-0.3, -0.25) is 9.59 Å². The molecule has 0 heterocycles. The lowest BCUT2D eigenvalue weighted by atomic mass is 9.73. The second-order valence-electron chi connectivity index (χ2n) is 3.69. The van der Waals surface area contributed by atoms with Crippen molar-refractivity contribution in [3.63, 3.8) is 0 Å². The molecular weight excluding hydrogens is 172 g/mol. The average molecular weight is 186 g/mol. The van der Waals surface area contributed by atoms with E-state index in [1.165, 1.54) is 7.11 Å². The van der Waals surface area contributed by atoms with Crippen molar-refractivity contribution >= 4 is 11.8 Å². The van der Waals surface area contributed by atoms with Gasteiger partial charge in [-0.15, -0.1) is 0 Å². The summed E-state index contributed by atoms with van der Waals surface area (Å²) in [6, 6.07) is 0. The maximum Gasteiger partial charge on any atom is 0.312 e. The molecule has 13 heavy (non-hydrogen) atoms. The van der Waals surface area contributed by atoms with E-state index in [-0.39, 0.29) is 12.2 Å². The largest absolute Gasteiger partial charge is 0.481 e. The number of hydrogen-bond donors (Lipinski definition) is 1. The number of carbonyl (C=O) groups is 2. The smallest absolute Gasteiger partial charge is 0.312 e. The van der Waals surface area contributed by atoms with Gasteiger partial charge in [0.05, 0.1) is 11.5 Å². The van der Waals surface area contributed by atoms with Gasteiger partial charge in [-0.2, -0.15) is 0 Å². The molecule has 0 spiro atoms. The van der Waals surface area contributed by atoms with Gasteiger partial charge < -0.3 is 9.84 Å². The Labute approximate surface area is 76.9 Å². The second-order valence-corrected chi connectivity index (χ2v) is 3.69. The van der Waals surface area contributed by atoms with E-state index in [0.29, 0.717) is 12.8 Å². The number of carboxylic acid groups (broad SMARTS) is 1. The quantitative estimate of drug-likeness (QED) is 0.694. The summed E-state index contributed by atoms with van der Waals surface area (Å²) in [6.45, 7) is 1.63. The van der Waals surface area contributed by atoms with Crippen molar-refractivity contribution in [3.8, 4) is 0 Å². The first-order valence-corrected chi connectivity index (χ1v) is 4.28. The summed E-state index contributed by atoms with van der Waals surface area (Å²) in [5.41, 5.74) is -0.900. The van der Waals surface area contributed by atoms with Crippen LogP contribution in [0.5, 0.6) is 0 Å². The van der Waals surface area contributed by atoms with Gasteiger partial charge in [-0.05, 0) is 13.3 Å². The Morgan fingerprint density at radius 3 is 2.77 bits per heavy atom. The zero-order valence-corrected chi connectivity index (χ0v) is 7.87. The fraction of sp³-hybridized carbons (Fsp3) is 0.778. The summed E-state index contributed by atoms with van der Waals surface area (Å²) in [4.78, 5) is 22.0. The Morgan fingerprint density at radius 2 is 2.31 bits per heavy atom. The molecule has 74 valence electrons. The van der Waals surface area contributed by atoms with Crippen molar-refractivity contribution in [2.24, 2.45) is 5.41 Å². The van der Waals surface area contributed by atoms with E-state index in [4.69, 9.17) is 9.84 Å². The number of ketones is 1. The van der Waals surface area contributed by atoms with E-state index in [2.05, 4.69) is 0 Å². The number of carbonyl (C=O) groups excluding carboxylic acids is 1. The normalized spacial score (nSPS) is 34.6. The molecule has 0 radical (unpaired) electrons. The highest BCUT2D eigenvalue weighted by molar-refractivity contribution is 5.84. The zero-order valence-electron chi connectivity index (χ0n) is 7.87. The number of aliphatic carboxylic acids is 1. The summed E-state index contributed by atoms with van der Waals surface area (Å²) in [5.74, 6) is -0.794. The van der Waals surface area contributed by atoms with Crippen molar-refractivity contribution in [3.05, 3.63) is 0 Å². The van der Waals surface area contributed by atoms with Crippen LogP contribution in [0.15, 0.2) is 0 Å². The fourth-order valence-electron chi connectivity index (χ4n) is 1.68. The van der Waals surface area contributed by atoms with E-state index in [1.54, 1.807) is 6.92 Å². The van der Waals surface area contributed by atoms with E-state index < -0.39 is 17.5 Å². The van der Waals surface area contributed by atoms with Crippen molar-refractivity contribution in [2.75, 3.05) is 7.11 Å². The monoisotopic (exact) mass is 186 g/mol. The lowest BCUT2D eigenvalue weighted by Crippen LogP contribution is -2.45. The molecule has 4 nitrogen and oxygen atoms in total. The van der Waals surface area contributed by atoms with Crippen LogP contribution in [0.1, 0.15) is 26.2 Å². The molecule has 1 fully saturated rings. The van der Waals surface area contributed by atoms with Gasteiger partial charge >= 0.3 is 5.97 Å². The summed E-state index contributed by atoms with van der Waals surface area (Å²) >= 11 is 0. The Balaban J connectivity index is 2.84. The molecule has 1 aliphatic rings. The molecule has 1 rings (SSSR count). The molecule has 0 bridgehead atoms. The molecule has 2 atom stereocenters. The van der Waals surface area contributed by atoms with Crippen LogP contribution >= 0.6 is 0 Å². The minimum Gasteiger partial charge on any atom is -0.481 e. The first-order chi connectivity index (χ1) is 6.00. The molecule has 0 aliphatic heterocycles. The molecular formula is C9H14O4. The molecule has 0 saturated heterocycles. The van der Waals surface area contributed by atoms with Crippen LogP contribution in [0.25, 0.3) is 0 Å². The Kier molecular flexibility index (Phi) is 2.71. The Bertz CT molecular complexity index is 236. The molecule has 1 aliphatic carbocycles. The number of rotatable bonds is 2. The highest BCUT2D eigenvalue weighted by Crippen LogP contribution is 2.36. The first-order valence-electron chi connectivity index (χ1n) is 4.28. The van der Waals surface area contributed by atoms with E-state index in [9.17, 15) is 9.59 Å². The third kappa shape index (κ3) is 1.72. The van der Waals surface area contributed by atoms with Crippen molar-refractivity contribution in [2.45, 2.75) is 32.3 Å². The lowest BCUT2D eigenvalue weighted by molar-refractivity contribution is -0.162. The highest BCUT2D eigenvalue weighted by atomic mass is 16.5. The second kappa shape index (κ2) is 3.46. The third-order valence-electron chi connectivity index (χ3n) is 2.82. The van der Waals surface area contributed by atoms with Crippen LogP contribution < -0.4 is 0 Å². The van der Waals surface area contributed by atoms with E-state index >= 15 is 0 Å². The number of methoxy groups -OCH3 is 1. The SMILES string of the molecule is CO[C@@H]1CC(=O)CC[C@]1(C)C(=O)O. The predicted octanol–water partition coefficient (Wildman–Crippen LogP) is 0.845. The average Bonchev–Trinajstić information content (AvgIpc) is 2.09. The summed E-state index contributed by atoms with van der Waals surface area (Å²) in [7, 11) is 1.45. The molecule has 0 unspecified atom stereocenters. The van der Waals surface area contributed by atoms with Gasteiger partial charge in [-0.1, -0.05) is 0 Å². The van der Waals surface area contributed by atoms with Crippen LogP contribution in [-0.4, -0.2) is 30.1 Å². The van der Waals surface area contributed by atoms with Crippen LogP contribution in [0.3, 0.4) is 0 Å². The number of hydrogen-bond acceptors (Lipinski definition) is 3. The van der Waals surface area contributed by atoms with Crippen molar-refractivity contribution in [1.82, 2.24) is 0 Å². The van der Waals surface area contributed by atoms with Crippen LogP contribution in [0.2, 0.25) is 0 Å². The first kappa shape index (κ1) is 10.2. The third-order valence-corrected chi connectivity index (χ3v) is 2.82. The van der Waals surface area contributed by atoms with Gasteiger partial charge in [0.25, 0.3) is 0 Å². The molecule has 0 aromatic carbocycles. The standard InChI is InChI=1S/C9H14O4/c1-9(8(11)12)4-3-6(10)5-7(9)13-2/h7H,3-5H2,1-2H3,(H,11,12)/t7-,9+/m1/s1. The number of ether oxygens (including phenoxy) is 1. The molecule has 0 aromatic heterocycles. The van der Waals surface area contributed by atoms with E-state index in [0.717, 1.165) is 0 Å². The van der Waals surface area contributed by atoms with Crippen molar-refractivity contribution in [1.29, 1.82) is 0 Å². The lowest BCUT2D eigenvalue weighted by Gasteiger charge is -2.35. The van der Waals surface area contributed by atoms with Crippen LogP contribution in [-0.2, 0) is 14.3 Å². The Morgan fingerprint density at radius 1 is 1.69 bits per heavy atom. The summed E-state index contributed by atoms with van der Waals surface area (Å²) in [5, 5.41) is 8.99. The molecule has 0 aromatic rings. The van der Waals surface area contributed by atoms with Gasteiger partial charge in [0.1, 0.15) is 5.78 Å². The van der Waals surface area contributed by atoms with Crippen LogP contribution in [0, 0.1) is 5.41 Å². The number of Topliss-reactive ketones (excluding diaryl/α,β-unsaturated/α-hetero) is 1. The zero-order chi connectivity index (χ0) is 10.1. The predicted molar refractivity (Wildman–Crippen MR) is 45.4 cm³/mol. The van der Waals surface area contributed by atoms with Crippen LogP contribution in [0.4, 0.5) is 0 Å². The van der Waals surface area contributed by atoms with Gasteiger partial charge in [0, 0.05) is 20.0 Å². The maximum absolute atomic E-state index is 11.1. The van der Waals surface area contributed by atoms with Gasteiger partial charge in [-0.25, -0.2) is 0 Å².